The predicted molar refractivity (Wildman–Crippen MR) is 90.4 cm³/mol. The van der Waals surface area contributed by atoms with Crippen molar-refractivity contribution in [3.63, 3.8) is 0 Å². The normalized spacial score (nSPS) is 19.2. The Morgan fingerprint density at radius 1 is 1.12 bits per heavy atom. The molecule has 0 unspecified atom stereocenters. The van der Waals surface area contributed by atoms with E-state index in [1.54, 1.807) is 0 Å². The van der Waals surface area contributed by atoms with Crippen LogP contribution in [0.1, 0.15) is 11.1 Å². The molecule has 0 aliphatic carbocycles. The molecule has 0 saturated carbocycles. The molecule has 3 heterocycles. The first kappa shape index (κ1) is 15.6. The van der Waals surface area contributed by atoms with Crippen LogP contribution in [0.4, 0.5) is 0 Å². The van der Waals surface area contributed by atoms with Crippen LogP contribution in [0.3, 0.4) is 0 Å². The zero-order valence-corrected chi connectivity index (χ0v) is 13.9. The fraction of sp³-hybridized carbons (Fsp3) is 0.500. The van der Waals surface area contributed by atoms with Gasteiger partial charge in [-0.25, -0.2) is 4.79 Å². The summed E-state index contributed by atoms with van der Waals surface area (Å²) in [6.45, 7) is 8.77. The van der Waals surface area contributed by atoms with Crippen LogP contribution in [0.2, 0.25) is 0 Å². The third kappa shape index (κ3) is 3.05. The van der Waals surface area contributed by atoms with Gasteiger partial charge in [0.05, 0.1) is 18.8 Å². The molecule has 6 nitrogen and oxygen atoms in total. The lowest BCUT2D eigenvalue weighted by atomic mass is 10.1. The van der Waals surface area contributed by atoms with Crippen LogP contribution in [-0.2, 0) is 11.3 Å². The van der Waals surface area contributed by atoms with Crippen LogP contribution in [-0.4, -0.2) is 55.9 Å². The van der Waals surface area contributed by atoms with Crippen molar-refractivity contribution in [2.45, 2.75) is 13.5 Å². The van der Waals surface area contributed by atoms with Gasteiger partial charge in [-0.15, -0.1) is 0 Å². The van der Waals surface area contributed by atoms with E-state index in [-0.39, 0.29) is 5.63 Å². The molecule has 0 spiro atoms. The maximum atomic E-state index is 11.8. The van der Waals surface area contributed by atoms with Crippen molar-refractivity contribution in [2.24, 2.45) is 0 Å². The van der Waals surface area contributed by atoms with Gasteiger partial charge in [-0.2, -0.15) is 0 Å². The lowest BCUT2D eigenvalue weighted by Crippen LogP contribution is -2.43. The van der Waals surface area contributed by atoms with Gasteiger partial charge in [-0.05, 0) is 24.6 Å². The molecule has 2 aromatic rings. The van der Waals surface area contributed by atoms with Crippen molar-refractivity contribution in [3.05, 3.63) is 39.7 Å². The molecule has 6 heteroatoms. The number of morpholine rings is 1. The zero-order chi connectivity index (χ0) is 16.5. The highest BCUT2D eigenvalue weighted by Gasteiger charge is 2.22. The van der Waals surface area contributed by atoms with E-state index in [0.717, 1.165) is 68.2 Å². The van der Waals surface area contributed by atoms with E-state index in [4.69, 9.17) is 13.9 Å². The van der Waals surface area contributed by atoms with E-state index in [0.29, 0.717) is 12.3 Å². The highest BCUT2D eigenvalue weighted by Crippen LogP contribution is 2.32. The maximum Gasteiger partial charge on any atom is 0.336 e. The van der Waals surface area contributed by atoms with E-state index in [2.05, 4.69) is 9.80 Å². The van der Waals surface area contributed by atoms with Crippen LogP contribution < -0.4 is 10.4 Å². The van der Waals surface area contributed by atoms with Gasteiger partial charge in [0.25, 0.3) is 0 Å². The molecule has 2 aliphatic rings. The Balaban J connectivity index is 1.55. The molecular weight excluding hydrogens is 308 g/mol. The third-order valence-corrected chi connectivity index (χ3v) is 4.80. The number of hydrogen-bond acceptors (Lipinski definition) is 6. The Labute approximate surface area is 140 Å². The third-order valence-electron chi connectivity index (χ3n) is 4.80. The van der Waals surface area contributed by atoms with Crippen LogP contribution in [0.25, 0.3) is 11.0 Å². The highest BCUT2D eigenvalue weighted by atomic mass is 16.5. The van der Waals surface area contributed by atoms with Crippen LogP contribution in [0.5, 0.6) is 5.75 Å². The summed E-state index contributed by atoms with van der Waals surface area (Å²) < 4.78 is 16.8. The van der Waals surface area contributed by atoms with Crippen molar-refractivity contribution in [1.29, 1.82) is 0 Å². The first-order valence-corrected chi connectivity index (χ1v) is 8.42. The maximum absolute atomic E-state index is 11.8. The van der Waals surface area contributed by atoms with Gasteiger partial charge in [-0.1, -0.05) is 0 Å². The van der Waals surface area contributed by atoms with Crippen molar-refractivity contribution >= 4 is 11.0 Å². The lowest BCUT2D eigenvalue weighted by molar-refractivity contribution is 0.0241. The van der Waals surface area contributed by atoms with Crippen molar-refractivity contribution in [3.8, 4) is 5.75 Å². The monoisotopic (exact) mass is 330 g/mol. The van der Waals surface area contributed by atoms with E-state index in [1.807, 2.05) is 19.1 Å². The molecule has 0 bridgehead atoms. The molecule has 1 aromatic carbocycles. The molecule has 1 aromatic heterocycles. The molecule has 1 fully saturated rings. The minimum atomic E-state index is -0.307. The Hall–Kier alpha value is -1.89. The summed E-state index contributed by atoms with van der Waals surface area (Å²) in [5.74, 6) is 0.818. The van der Waals surface area contributed by atoms with E-state index >= 15 is 0 Å². The summed E-state index contributed by atoms with van der Waals surface area (Å²) >= 11 is 0. The zero-order valence-electron chi connectivity index (χ0n) is 13.9. The van der Waals surface area contributed by atoms with E-state index in [9.17, 15) is 4.79 Å². The number of fused-ring (bicyclic) bond motifs is 3. The Bertz CT molecular complexity index is 795. The van der Waals surface area contributed by atoms with Crippen LogP contribution >= 0.6 is 0 Å². The summed E-state index contributed by atoms with van der Waals surface area (Å²) in [7, 11) is 0. The molecule has 1 saturated heterocycles. The number of aryl methyl sites for hydroxylation is 1. The van der Waals surface area contributed by atoms with Crippen LogP contribution in [0, 0.1) is 6.92 Å². The highest BCUT2D eigenvalue weighted by molar-refractivity contribution is 5.85. The lowest BCUT2D eigenvalue weighted by Gasteiger charge is -2.32. The largest absolute Gasteiger partial charge is 0.478 e. The molecule has 0 atom stereocenters. The first-order valence-electron chi connectivity index (χ1n) is 8.42. The Morgan fingerprint density at radius 3 is 2.75 bits per heavy atom. The second kappa shape index (κ2) is 6.55. The number of rotatable bonds is 3. The number of benzene rings is 1. The number of hydrogen-bond donors (Lipinski definition) is 0. The predicted octanol–water partition coefficient (Wildman–Crippen LogP) is 1.59. The summed E-state index contributed by atoms with van der Waals surface area (Å²) in [4.78, 5) is 16.4. The number of nitrogens with zero attached hydrogens (tertiary/aromatic N) is 2. The molecule has 0 amide bonds. The Morgan fingerprint density at radius 2 is 1.92 bits per heavy atom. The van der Waals surface area contributed by atoms with Crippen molar-refractivity contribution in [2.75, 3.05) is 46.1 Å². The molecule has 4 rings (SSSR count). The van der Waals surface area contributed by atoms with Gasteiger partial charge in [0.2, 0.25) is 0 Å². The molecule has 0 radical (unpaired) electrons. The quantitative estimate of drug-likeness (QED) is 0.797. The molecule has 2 aliphatic heterocycles. The van der Waals surface area contributed by atoms with Gasteiger partial charge in [0, 0.05) is 44.2 Å². The van der Waals surface area contributed by atoms with Crippen molar-refractivity contribution in [1.82, 2.24) is 9.80 Å². The minimum Gasteiger partial charge on any atom is -0.478 e. The summed E-state index contributed by atoms with van der Waals surface area (Å²) in [6, 6.07) is 5.48. The van der Waals surface area contributed by atoms with Gasteiger partial charge < -0.3 is 13.9 Å². The topological polar surface area (TPSA) is 55.2 Å². The summed E-state index contributed by atoms with van der Waals surface area (Å²) in [6.07, 6.45) is 0. The fourth-order valence-electron chi connectivity index (χ4n) is 3.39. The summed E-state index contributed by atoms with van der Waals surface area (Å²) in [5.41, 5.74) is 2.27. The first-order chi connectivity index (χ1) is 11.7. The SMILES string of the molecule is Cc1cc(=O)oc2c3c(ccc12)OCN(CCN1CCOCC1)C3. The molecular formula is C18H22N2O4. The number of ether oxygens (including phenoxy) is 2. The molecule has 24 heavy (non-hydrogen) atoms. The summed E-state index contributed by atoms with van der Waals surface area (Å²) in [5, 5.41) is 0.979. The average molecular weight is 330 g/mol. The van der Waals surface area contributed by atoms with Gasteiger partial charge in [0.15, 0.2) is 0 Å². The standard InChI is InChI=1S/C18H22N2O4/c1-13-10-17(21)24-18-14(13)2-3-16-15(18)11-20(12-23-16)5-4-19-6-8-22-9-7-19/h2-3,10H,4-9,11-12H2,1H3. The van der Waals surface area contributed by atoms with E-state index in [1.165, 1.54) is 6.07 Å². The van der Waals surface area contributed by atoms with Gasteiger partial charge in [0.1, 0.15) is 18.1 Å². The van der Waals surface area contributed by atoms with Gasteiger partial charge >= 0.3 is 5.63 Å². The smallest absolute Gasteiger partial charge is 0.336 e. The average Bonchev–Trinajstić information content (AvgIpc) is 2.60. The fourth-order valence-corrected chi connectivity index (χ4v) is 3.39. The Kier molecular flexibility index (Phi) is 4.26. The van der Waals surface area contributed by atoms with E-state index < -0.39 is 0 Å². The molecule has 128 valence electrons. The van der Waals surface area contributed by atoms with Crippen molar-refractivity contribution < 1.29 is 13.9 Å². The molecule has 0 N–H and O–H groups in total. The second-order valence-corrected chi connectivity index (χ2v) is 6.45. The van der Waals surface area contributed by atoms with Crippen LogP contribution in [0.15, 0.2) is 27.4 Å². The minimum absolute atomic E-state index is 0.307. The van der Waals surface area contributed by atoms with Gasteiger partial charge in [-0.3, -0.25) is 9.80 Å². The second-order valence-electron chi connectivity index (χ2n) is 6.45.